The second kappa shape index (κ2) is 14.2. The first-order valence-electron chi connectivity index (χ1n) is 17.6. The van der Waals surface area contributed by atoms with Crippen molar-refractivity contribution in [2.24, 2.45) is 35.0 Å². The van der Waals surface area contributed by atoms with Crippen LogP contribution in [0.15, 0.2) is 37.4 Å². The first-order valence-corrected chi connectivity index (χ1v) is 17.6. The van der Waals surface area contributed by atoms with E-state index >= 15 is 0 Å². The maximum Gasteiger partial charge on any atom is 0.329 e. The van der Waals surface area contributed by atoms with Crippen LogP contribution >= 0.6 is 0 Å². The van der Waals surface area contributed by atoms with Gasteiger partial charge in [-0.05, 0) is 94.3 Å². The van der Waals surface area contributed by atoms with Gasteiger partial charge < -0.3 is 19.1 Å². The molecule has 2 saturated carbocycles. The number of fused-ring (bicyclic) bond motifs is 2. The van der Waals surface area contributed by atoms with Gasteiger partial charge in [-0.25, -0.2) is 19.2 Å². The highest BCUT2D eigenvalue weighted by atomic mass is 19.1. The van der Waals surface area contributed by atoms with Gasteiger partial charge in [0.1, 0.15) is 35.4 Å². The summed E-state index contributed by atoms with van der Waals surface area (Å²) in [4.78, 5) is 52.5. The van der Waals surface area contributed by atoms with E-state index < -0.39 is 52.8 Å². The summed E-state index contributed by atoms with van der Waals surface area (Å²) in [6.07, 6.45) is 7.54. The Balaban J connectivity index is 1.38. The summed E-state index contributed by atoms with van der Waals surface area (Å²) in [7, 11) is 0. The molecule has 2 aromatic rings. The Hall–Kier alpha value is -3.82. The van der Waals surface area contributed by atoms with Crippen LogP contribution in [-0.2, 0) is 23.9 Å². The molecular weight excluding hydrogens is 625 g/mol. The Bertz CT molecular complexity index is 1600. The number of esters is 2. The van der Waals surface area contributed by atoms with Gasteiger partial charge in [-0.2, -0.15) is 0 Å². The van der Waals surface area contributed by atoms with Crippen LogP contribution in [0.1, 0.15) is 92.7 Å². The monoisotopic (exact) mass is 677 g/mol. The van der Waals surface area contributed by atoms with Gasteiger partial charge in [-0.3, -0.25) is 9.59 Å². The molecule has 0 unspecified atom stereocenters. The molecule has 3 aliphatic rings. The lowest BCUT2D eigenvalue weighted by molar-refractivity contribution is -0.167. The molecule has 49 heavy (non-hydrogen) atoms. The number of hydrogen-bond donors (Lipinski definition) is 0. The fraction of sp³-hybridized carbons (Fsp3) is 0.615. The minimum Gasteiger partial charge on any atom is -0.471 e. The third-order valence-electron chi connectivity index (χ3n) is 10.3. The summed E-state index contributed by atoms with van der Waals surface area (Å²) in [5.74, 6) is -1.33. The van der Waals surface area contributed by atoms with E-state index in [9.17, 15) is 18.8 Å². The lowest BCUT2D eigenvalue weighted by atomic mass is 9.77. The Kier molecular flexibility index (Phi) is 10.6. The zero-order chi connectivity index (χ0) is 35.8. The van der Waals surface area contributed by atoms with E-state index in [1.165, 1.54) is 35.6 Å². The third kappa shape index (κ3) is 8.32. The fourth-order valence-corrected chi connectivity index (χ4v) is 7.62. The standard InChI is InChI=1S/C39H52FN3O6/c1-10-12-13-14-25-26-17-23(26)18-31(25)47-33(44)20-27(38(4,5)6)36(45)43-21-32(22(3)34(43)37(46)49-39(7,8)9)48-35-28(11-2)41-29-16-15-24(40)19-30(29)42-35/h10-11,15-16,19,22-23,25-27,31-32,34H,1-2,12-14,17-18,20-21H2,3-9H3/t22-,23+,25-,26+,27-,31-,32+,34+/m1/s1. The largest absolute Gasteiger partial charge is 0.471 e. The topological polar surface area (TPSA) is 108 Å². The number of halogens is 1. The molecule has 3 fully saturated rings. The Morgan fingerprint density at radius 2 is 1.80 bits per heavy atom. The number of carbonyl (C=O) groups is 3. The summed E-state index contributed by atoms with van der Waals surface area (Å²) in [5, 5.41) is 0. The number of allylic oxidation sites excluding steroid dienone is 1. The first kappa shape index (κ1) is 36.5. The van der Waals surface area contributed by atoms with Gasteiger partial charge in [0.15, 0.2) is 0 Å². The lowest BCUT2D eigenvalue weighted by Gasteiger charge is -2.35. The molecule has 9 nitrogen and oxygen atoms in total. The molecule has 2 aliphatic carbocycles. The zero-order valence-electron chi connectivity index (χ0n) is 30.0. The second-order valence-electron chi connectivity index (χ2n) is 16.2. The van der Waals surface area contributed by atoms with Gasteiger partial charge in [0.05, 0.1) is 29.9 Å². The van der Waals surface area contributed by atoms with E-state index in [4.69, 9.17) is 14.2 Å². The smallest absolute Gasteiger partial charge is 0.329 e. The Morgan fingerprint density at radius 1 is 1.06 bits per heavy atom. The number of carbonyl (C=O) groups excluding carboxylic acids is 3. The van der Waals surface area contributed by atoms with E-state index in [1.54, 1.807) is 20.8 Å². The van der Waals surface area contributed by atoms with Gasteiger partial charge in [0, 0.05) is 12.0 Å². The van der Waals surface area contributed by atoms with E-state index in [2.05, 4.69) is 23.1 Å². The third-order valence-corrected chi connectivity index (χ3v) is 10.3. The molecule has 0 radical (unpaired) electrons. The van der Waals surface area contributed by atoms with Crippen LogP contribution in [-0.4, -0.2) is 63.1 Å². The summed E-state index contributed by atoms with van der Waals surface area (Å²) in [5.41, 5.74) is -0.290. The SMILES string of the molecule is C=CCCC[C@@H]1[C@H]2C[C@H]2C[C@H]1OC(=O)C[C@H](C(=O)N1C[C@H](Oc2nc3cc(F)ccc3nc2C=C)[C@@H](C)[C@H]1C(=O)OC(C)(C)C)C(C)(C)C. The molecule has 0 bridgehead atoms. The molecule has 2 heterocycles. The highest BCUT2D eigenvalue weighted by Crippen LogP contribution is 2.57. The zero-order valence-corrected chi connectivity index (χ0v) is 30.0. The van der Waals surface area contributed by atoms with Crippen molar-refractivity contribution in [3.8, 4) is 5.88 Å². The average molecular weight is 678 g/mol. The van der Waals surface area contributed by atoms with Crippen LogP contribution in [0.5, 0.6) is 5.88 Å². The Labute approximate surface area is 289 Å². The van der Waals surface area contributed by atoms with Crippen LogP contribution in [0.25, 0.3) is 17.1 Å². The number of aromatic nitrogens is 2. The molecule has 266 valence electrons. The van der Waals surface area contributed by atoms with Crippen molar-refractivity contribution in [2.45, 2.75) is 111 Å². The molecule has 1 aromatic heterocycles. The predicted molar refractivity (Wildman–Crippen MR) is 186 cm³/mol. The summed E-state index contributed by atoms with van der Waals surface area (Å²) >= 11 is 0. The lowest BCUT2D eigenvalue weighted by Crippen LogP contribution is -2.50. The normalized spacial score (nSPS) is 26.9. The van der Waals surface area contributed by atoms with Crippen LogP contribution in [0.4, 0.5) is 4.39 Å². The molecule has 1 amide bonds. The van der Waals surface area contributed by atoms with Crippen LogP contribution in [0.3, 0.4) is 0 Å². The van der Waals surface area contributed by atoms with Crippen LogP contribution in [0, 0.1) is 40.8 Å². The van der Waals surface area contributed by atoms with Gasteiger partial charge in [0.2, 0.25) is 11.8 Å². The van der Waals surface area contributed by atoms with E-state index in [0.717, 1.165) is 25.7 Å². The van der Waals surface area contributed by atoms with Crippen molar-refractivity contribution in [2.75, 3.05) is 6.54 Å². The minimum absolute atomic E-state index is 0.0440. The molecule has 1 aromatic carbocycles. The van der Waals surface area contributed by atoms with E-state index in [-0.39, 0.29) is 30.9 Å². The first-order chi connectivity index (χ1) is 23.0. The van der Waals surface area contributed by atoms with Crippen molar-refractivity contribution >= 4 is 35.0 Å². The highest BCUT2D eigenvalue weighted by Gasteiger charge is 2.55. The summed E-state index contributed by atoms with van der Waals surface area (Å²) in [6, 6.07) is 3.12. The number of benzene rings is 1. The van der Waals surface area contributed by atoms with Crippen molar-refractivity contribution < 1.29 is 33.0 Å². The van der Waals surface area contributed by atoms with Gasteiger partial charge in [-0.15, -0.1) is 6.58 Å². The van der Waals surface area contributed by atoms with Crippen molar-refractivity contribution in [3.05, 3.63) is 48.9 Å². The molecule has 1 aliphatic heterocycles. The number of unbranched alkanes of at least 4 members (excludes halogenated alkanes) is 1. The molecule has 5 rings (SSSR count). The summed E-state index contributed by atoms with van der Waals surface area (Å²) < 4.78 is 32.4. The van der Waals surface area contributed by atoms with Gasteiger partial charge in [-0.1, -0.05) is 40.3 Å². The molecule has 8 atom stereocenters. The molecule has 0 spiro atoms. The van der Waals surface area contributed by atoms with E-state index in [0.29, 0.717) is 34.5 Å². The van der Waals surface area contributed by atoms with Crippen molar-refractivity contribution in [1.29, 1.82) is 0 Å². The number of likely N-dealkylation sites (tertiary alicyclic amines) is 1. The van der Waals surface area contributed by atoms with Crippen LogP contribution in [0.2, 0.25) is 0 Å². The number of nitrogens with zero attached hydrogens (tertiary/aromatic N) is 3. The highest BCUT2D eigenvalue weighted by molar-refractivity contribution is 5.89. The maximum absolute atomic E-state index is 14.6. The minimum atomic E-state index is -0.980. The number of amides is 1. The molecular formula is C39H52FN3O6. The number of rotatable bonds is 12. The van der Waals surface area contributed by atoms with Crippen molar-refractivity contribution in [1.82, 2.24) is 14.9 Å². The fourth-order valence-electron chi connectivity index (χ4n) is 7.62. The number of ether oxygens (including phenoxy) is 3. The second-order valence-corrected chi connectivity index (χ2v) is 16.2. The molecule has 10 heteroatoms. The maximum atomic E-state index is 14.6. The molecule has 1 saturated heterocycles. The van der Waals surface area contributed by atoms with E-state index in [1.807, 2.05) is 33.8 Å². The van der Waals surface area contributed by atoms with Gasteiger partial charge in [0.25, 0.3) is 0 Å². The number of hydrogen-bond acceptors (Lipinski definition) is 8. The van der Waals surface area contributed by atoms with Crippen LogP contribution < -0.4 is 4.74 Å². The quantitative estimate of drug-likeness (QED) is 0.131. The average Bonchev–Trinajstić information content (AvgIpc) is 3.57. The summed E-state index contributed by atoms with van der Waals surface area (Å²) in [6.45, 7) is 20.6. The van der Waals surface area contributed by atoms with Crippen molar-refractivity contribution in [3.63, 3.8) is 0 Å². The predicted octanol–water partition coefficient (Wildman–Crippen LogP) is 7.32. The van der Waals surface area contributed by atoms with Gasteiger partial charge >= 0.3 is 11.9 Å². The molecule has 0 N–H and O–H groups in total. The Morgan fingerprint density at radius 3 is 2.45 bits per heavy atom.